The third-order valence-corrected chi connectivity index (χ3v) is 4.73. The Morgan fingerprint density at radius 2 is 1.74 bits per heavy atom. The van der Waals surface area contributed by atoms with E-state index in [1.54, 1.807) is 4.90 Å². The molecule has 2 atom stereocenters. The molecule has 5 nitrogen and oxygen atoms in total. The third kappa shape index (κ3) is 4.03. The minimum atomic E-state index is -1.05. The van der Waals surface area contributed by atoms with Crippen LogP contribution >= 0.6 is 0 Å². The van der Waals surface area contributed by atoms with Crippen LogP contribution in [0.15, 0.2) is 48.5 Å². The molecule has 1 amide bonds. The van der Waals surface area contributed by atoms with Crippen molar-refractivity contribution in [3.8, 4) is 0 Å². The number of hydrogen-bond donors (Lipinski definition) is 1. The summed E-state index contributed by atoms with van der Waals surface area (Å²) in [6, 6.07) is 15.5. The van der Waals surface area contributed by atoms with Gasteiger partial charge in [-0.3, -0.25) is 9.59 Å². The monoisotopic (exact) mass is 367 g/mol. The molecular weight excluding hydrogens is 342 g/mol. The van der Waals surface area contributed by atoms with E-state index in [9.17, 15) is 14.7 Å². The van der Waals surface area contributed by atoms with Gasteiger partial charge in [0, 0.05) is 17.8 Å². The van der Waals surface area contributed by atoms with E-state index < -0.39 is 18.2 Å². The molecule has 5 heteroatoms. The van der Waals surface area contributed by atoms with Gasteiger partial charge in [-0.05, 0) is 30.0 Å². The van der Waals surface area contributed by atoms with Gasteiger partial charge >= 0.3 is 5.97 Å². The molecule has 1 aliphatic heterocycles. The number of anilines is 1. The van der Waals surface area contributed by atoms with E-state index in [2.05, 4.69) is 0 Å². The maximum Gasteiger partial charge on any atom is 0.306 e. The molecule has 3 rings (SSSR count). The third-order valence-electron chi connectivity index (χ3n) is 4.73. The van der Waals surface area contributed by atoms with Crippen molar-refractivity contribution in [1.29, 1.82) is 0 Å². The van der Waals surface area contributed by atoms with Gasteiger partial charge in [-0.2, -0.15) is 0 Å². The zero-order valence-electron chi connectivity index (χ0n) is 15.9. The lowest BCUT2D eigenvalue weighted by atomic mass is 9.95. The number of fused-ring (bicyclic) bond motifs is 1. The van der Waals surface area contributed by atoms with Crippen LogP contribution in [-0.4, -0.2) is 29.6 Å². The Morgan fingerprint density at radius 1 is 1.11 bits per heavy atom. The maximum atomic E-state index is 13.2. The Kier molecular flexibility index (Phi) is 5.61. The van der Waals surface area contributed by atoms with Crippen molar-refractivity contribution in [2.24, 2.45) is 5.92 Å². The topological polar surface area (TPSA) is 66.8 Å². The Morgan fingerprint density at radius 3 is 2.37 bits per heavy atom. The number of carboxylic acids is 1. The molecule has 0 spiro atoms. The fraction of sp³-hybridized carbons (Fsp3) is 0.364. The molecule has 0 unspecified atom stereocenters. The predicted molar refractivity (Wildman–Crippen MR) is 104 cm³/mol. The Labute approximate surface area is 159 Å². The van der Waals surface area contributed by atoms with Crippen molar-refractivity contribution in [2.45, 2.75) is 39.4 Å². The molecule has 2 aromatic carbocycles. The summed E-state index contributed by atoms with van der Waals surface area (Å²) in [6.45, 7) is 6.57. The highest BCUT2D eigenvalue weighted by Crippen LogP contribution is 2.39. The number of benzene rings is 2. The summed E-state index contributed by atoms with van der Waals surface area (Å²) in [4.78, 5) is 26.3. The number of rotatable bonds is 5. The summed E-state index contributed by atoms with van der Waals surface area (Å²) in [5, 5.41) is 9.32. The van der Waals surface area contributed by atoms with Gasteiger partial charge in [-0.15, -0.1) is 0 Å². The summed E-state index contributed by atoms with van der Waals surface area (Å²) < 4.78 is 6.17. The quantitative estimate of drug-likeness (QED) is 0.869. The summed E-state index contributed by atoms with van der Waals surface area (Å²) >= 11 is 0. The van der Waals surface area contributed by atoms with E-state index >= 15 is 0 Å². The molecular formula is C22H25NO4. The molecule has 1 aliphatic rings. The molecule has 0 saturated heterocycles. The lowest BCUT2D eigenvalue weighted by molar-refractivity contribution is -0.146. The average Bonchev–Trinajstić information content (AvgIpc) is 2.72. The van der Waals surface area contributed by atoms with Gasteiger partial charge in [-0.25, -0.2) is 0 Å². The largest absolute Gasteiger partial charge is 0.481 e. The van der Waals surface area contributed by atoms with Gasteiger partial charge in [0.15, 0.2) is 0 Å². The fourth-order valence-electron chi connectivity index (χ4n) is 3.51. The highest BCUT2D eigenvalue weighted by atomic mass is 16.5. The van der Waals surface area contributed by atoms with E-state index in [0.29, 0.717) is 6.54 Å². The van der Waals surface area contributed by atoms with Crippen molar-refractivity contribution >= 4 is 17.6 Å². The molecule has 1 heterocycles. The number of para-hydroxylation sites is 1. The van der Waals surface area contributed by atoms with Crippen LogP contribution in [0.3, 0.4) is 0 Å². The molecule has 2 aromatic rings. The SMILES string of the molecule is Cc1ccccc1[C@@H]1O[C@@H](CC(=O)O)C(=O)N(CC(C)C)c2ccccc21. The number of carbonyl (C=O) groups is 2. The molecule has 0 aliphatic carbocycles. The Bertz CT molecular complexity index is 846. The molecule has 27 heavy (non-hydrogen) atoms. The molecule has 142 valence electrons. The summed E-state index contributed by atoms with van der Waals surface area (Å²) in [7, 11) is 0. The molecule has 0 radical (unpaired) electrons. The second-order valence-electron chi connectivity index (χ2n) is 7.36. The molecule has 0 bridgehead atoms. The predicted octanol–water partition coefficient (Wildman–Crippen LogP) is 3.95. The maximum absolute atomic E-state index is 13.2. The van der Waals surface area contributed by atoms with Gasteiger partial charge < -0.3 is 14.7 Å². The van der Waals surface area contributed by atoms with Crippen molar-refractivity contribution in [3.63, 3.8) is 0 Å². The van der Waals surface area contributed by atoms with Gasteiger partial charge in [-0.1, -0.05) is 56.3 Å². The Hall–Kier alpha value is -2.66. The number of aliphatic carboxylic acids is 1. The van der Waals surface area contributed by atoms with E-state index in [4.69, 9.17) is 4.74 Å². The second-order valence-corrected chi connectivity index (χ2v) is 7.36. The summed E-state index contributed by atoms with van der Waals surface area (Å²) in [5.74, 6) is -1.11. The number of aryl methyl sites for hydroxylation is 1. The lowest BCUT2D eigenvalue weighted by Gasteiger charge is -2.26. The Balaban J connectivity index is 2.16. The normalized spacial score (nSPS) is 19.7. The molecule has 1 N–H and O–H groups in total. The zero-order chi connectivity index (χ0) is 19.6. The number of amides is 1. The zero-order valence-corrected chi connectivity index (χ0v) is 15.9. The average molecular weight is 367 g/mol. The molecule has 0 fully saturated rings. The van der Waals surface area contributed by atoms with Gasteiger partial charge in [0.1, 0.15) is 12.2 Å². The van der Waals surface area contributed by atoms with Gasteiger partial charge in [0.2, 0.25) is 0 Å². The second kappa shape index (κ2) is 7.92. The van der Waals surface area contributed by atoms with Crippen LogP contribution in [0.2, 0.25) is 0 Å². The van der Waals surface area contributed by atoms with Crippen LogP contribution in [0.1, 0.15) is 43.1 Å². The molecule has 0 saturated carbocycles. The van der Waals surface area contributed by atoms with E-state index in [0.717, 1.165) is 22.4 Å². The van der Waals surface area contributed by atoms with Crippen LogP contribution in [-0.2, 0) is 14.3 Å². The lowest BCUT2D eigenvalue weighted by Crippen LogP contribution is -2.42. The highest BCUT2D eigenvalue weighted by molar-refractivity contribution is 5.99. The number of carboxylic acid groups (broad SMARTS) is 1. The minimum absolute atomic E-state index is 0.238. The first-order chi connectivity index (χ1) is 12.9. The minimum Gasteiger partial charge on any atom is -0.481 e. The first-order valence-electron chi connectivity index (χ1n) is 9.21. The summed E-state index contributed by atoms with van der Waals surface area (Å²) in [6.07, 6.45) is -1.88. The number of carbonyl (C=O) groups excluding carboxylic acids is 1. The van der Waals surface area contributed by atoms with Crippen LogP contribution in [0, 0.1) is 12.8 Å². The number of ether oxygens (including phenoxy) is 1. The van der Waals surface area contributed by atoms with Gasteiger partial charge in [0.25, 0.3) is 5.91 Å². The van der Waals surface area contributed by atoms with Crippen LogP contribution in [0.25, 0.3) is 0 Å². The standard InChI is InChI=1S/C22H25NO4/c1-14(2)13-23-18-11-7-6-10-17(18)21(16-9-5-4-8-15(16)3)27-19(22(23)26)12-20(24)25/h4-11,14,19,21H,12-13H2,1-3H3,(H,24,25)/t19-,21-/m0/s1. The first-order valence-corrected chi connectivity index (χ1v) is 9.21. The van der Waals surface area contributed by atoms with E-state index in [1.165, 1.54) is 0 Å². The smallest absolute Gasteiger partial charge is 0.306 e. The van der Waals surface area contributed by atoms with E-state index in [1.807, 2.05) is 69.3 Å². The number of hydrogen-bond acceptors (Lipinski definition) is 3. The van der Waals surface area contributed by atoms with Crippen LogP contribution < -0.4 is 4.90 Å². The highest BCUT2D eigenvalue weighted by Gasteiger charge is 2.37. The fourth-order valence-corrected chi connectivity index (χ4v) is 3.51. The van der Waals surface area contributed by atoms with Crippen molar-refractivity contribution in [2.75, 3.05) is 11.4 Å². The van der Waals surface area contributed by atoms with Crippen molar-refractivity contribution in [1.82, 2.24) is 0 Å². The van der Waals surface area contributed by atoms with Crippen LogP contribution in [0.4, 0.5) is 5.69 Å². The van der Waals surface area contributed by atoms with Crippen molar-refractivity contribution in [3.05, 3.63) is 65.2 Å². The number of nitrogens with zero attached hydrogens (tertiary/aromatic N) is 1. The first kappa shape index (κ1) is 19.1. The van der Waals surface area contributed by atoms with E-state index in [-0.39, 0.29) is 18.2 Å². The summed E-state index contributed by atoms with van der Waals surface area (Å²) in [5.41, 5.74) is 3.65. The van der Waals surface area contributed by atoms with Crippen molar-refractivity contribution < 1.29 is 19.4 Å². The van der Waals surface area contributed by atoms with Crippen LogP contribution in [0.5, 0.6) is 0 Å². The van der Waals surface area contributed by atoms with Gasteiger partial charge in [0.05, 0.1) is 6.42 Å². The molecule has 0 aromatic heterocycles.